The van der Waals surface area contributed by atoms with Crippen molar-refractivity contribution in [1.29, 1.82) is 0 Å². The SMILES string of the molecule is Nc1ccc(-n2ccc(C(=O)N3CCC[C@@H]3CO)n2)cc1. The standard InChI is InChI=1S/C15H18N4O2/c16-11-3-5-12(6-4-11)19-9-7-14(17-19)15(21)18-8-1-2-13(18)10-20/h3-7,9,13,20H,1-2,8,10,16H2/t13-/m1/s1. The van der Waals surface area contributed by atoms with Crippen molar-refractivity contribution in [1.82, 2.24) is 14.7 Å². The molecule has 0 bridgehead atoms. The molecule has 2 aromatic rings. The highest BCUT2D eigenvalue weighted by atomic mass is 16.3. The van der Waals surface area contributed by atoms with Crippen LogP contribution in [0.3, 0.4) is 0 Å². The first-order valence-corrected chi connectivity index (χ1v) is 7.02. The van der Waals surface area contributed by atoms with Crippen molar-refractivity contribution in [3.8, 4) is 5.69 Å². The number of nitrogen functional groups attached to an aromatic ring is 1. The van der Waals surface area contributed by atoms with E-state index in [2.05, 4.69) is 5.10 Å². The van der Waals surface area contributed by atoms with Gasteiger partial charge in [-0.2, -0.15) is 5.10 Å². The number of rotatable bonds is 3. The molecule has 3 rings (SSSR count). The third kappa shape index (κ3) is 2.62. The molecule has 110 valence electrons. The normalized spacial score (nSPS) is 18.1. The third-order valence-electron chi connectivity index (χ3n) is 3.81. The van der Waals surface area contributed by atoms with Crippen molar-refractivity contribution in [2.24, 2.45) is 0 Å². The average molecular weight is 286 g/mol. The number of nitrogens with two attached hydrogens (primary N) is 1. The molecule has 1 saturated heterocycles. The van der Waals surface area contributed by atoms with Gasteiger partial charge in [0, 0.05) is 18.4 Å². The van der Waals surface area contributed by atoms with Crippen LogP contribution in [0.2, 0.25) is 0 Å². The van der Waals surface area contributed by atoms with Crippen LogP contribution >= 0.6 is 0 Å². The molecule has 1 amide bonds. The fraction of sp³-hybridized carbons (Fsp3) is 0.333. The molecule has 0 radical (unpaired) electrons. The van der Waals surface area contributed by atoms with Gasteiger partial charge in [0.05, 0.1) is 18.3 Å². The average Bonchev–Trinajstić information content (AvgIpc) is 3.16. The molecule has 1 aromatic heterocycles. The van der Waals surface area contributed by atoms with Gasteiger partial charge in [-0.1, -0.05) is 0 Å². The molecule has 1 fully saturated rings. The van der Waals surface area contributed by atoms with Crippen LogP contribution < -0.4 is 5.73 Å². The van der Waals surface area contributed by atoms with Gasteiger partial charge in [-0.3, -0.25) is 4.79 Å². The second kappa shape index (κ2) is 5.57. The Morgan fingerprint density at radius 1 is 1.33 bits per heavy atom. The molecular formula is C15H18N4O2. The lowest BCUT2D eigenvalue weighted by atomic mass is 10.2. The number of benzene rings is 1. The molecule has 6 nitrogen and oxygen atoms in total. The first kappa shape index (κ1) is 13.6. The maximum Gasteiger partial charge on any atom is 0.274 e. The van der Waals surface area contributed by atoms with E-state index in [4.69, 9.17) is 5.73 Å². The Balaban J connectivity index is 1.81. The van der Waals surface area contributed by atoms with Crippen molar-refractivity contribution in [2.45, 2.75) is 18.9 Å². The van der Waals surface area contributed by atoms with Gasteiger partial charge in [0.25, 0.3) is 5.91 Å². The summed E-state index contributed by atoms with van der Waals surface area (Å²) in [6.45, 7) is 0.684. The Bertz CT molecular complexity index is 635. The first-order valence-electron chi connectivity index (χ1n) is 7.02. The van der Waals surface area contributed by atoms with Gasteiger partial charge in [0.15, 0.2) is 5.69 Å². The maximum atomic E-state index is 12.4. The number of anilines is 1. The zero-order chi connectivity index (χ0) is 14.8. The zero-order valence-corrected chi connectivity index (χ0v) is 11.6. The predicted octanol–water partition coefficient (Wildman–Crippen LogP) is 1.05. The number of likely N-dealkylation sites (tertiary alicyclic amines) is 1. The number of aliphatic hydroxyl groups is 1. The minimum Gasteiger partial charge on any atom is -0.399 e. The summed E-state index contributed by atoms with van der Waals surface area (Å²) in [5, 5.41) is 13.6. The van der Waals surface area contributed by atoms with E-state index >= 15 is 0 Å². The molecule has 1 atom stereocenters. The second-order valence-electron chi connectivity index (χ2n) is 5.21. The van der Waals surface area contributed by atoms with E-state index in [1.54, 1.807) is 34.0 Å². The lowest BCUT2D eigenvalue weighted by molar-refractivity contribution is 0.0671. The monoisotopic (exact) mass is 286 g/mol. The smallest absolute Gasteiger partial charge is 0.274 e. The second-order valence-corrected chi connectivity index (χ2v) is 5.21. The summed E-state index contributed by atoms with van der Waals surface area (Å²) in [5.74, 6) is -0.124. The maximum absolute atomic E-state index is 12.4. The van der Waals surface area contributed by atoms with E-state index in [9.17, 15) is 9.90 Å². The number of aromatic nitrogens is 2. The van der Waals surface area contributed by atoms with E-state index in [-0.39, 0.29) is 18.6 Å². The summed E-state index contributed by atoms with van der Waals surface area (Å²) < 4.78 is 1.65. The van der Waals surface area contributed by atoms with Gasteiger partial charge >= 0.3 is 0 Å². The predicted molar refractivity (Wildman–Crippen MR) is 79.1 cm³/mol. The Morgan fingerprint density at radius 3 is 2.81 bits per heavy atom. The minimum absolute atomic E-state index is 0.00438. The van der Waals surface area contributed by atoms with Crippen molar-refractivity contribution < 1.29 is 9.90 Å². The van der Waals surface area contributed by atoms with Crippen LogP contribution in [0.4, 0.5) is 5.69 Å². The fourth-order valence-corrected chi connectivity index (χ4v) is 2.65. The lowest BCUT2D eigenvalue weighted by Crippen LogP contribution is -2.37. The molecule has 21 heavy (non-hydrogen) atoms. The Kier molecular flexibility index (Phi) is 3.62. The summed E-state index contributed by atoms with van der Waals surface area (Å²) >= 11 is 0. The van der Waals surface area contributed by atoms with Crippen LogP contribution in [0.25, 0.3) is 5.69 Å². The molecule has 6 heteroatoms. The van der Waals surface area contributed by atoms with Crippen LogP contribution in [-0.4, -0.2) is 44.9 Å². The summed E-state index contributed by atoms with van der Waals surface area (Å²) in [6, 6.07) is 8.90. The van der Waals surface area contributed by atoms with Crippen LogP contribution in [0.1, 0.15) is 23.3 Å². The Labute approximate surface area is 122 Å². The lowest BCUT2D eigenvalue weighted by Gasteiger charge is -2.21. The zero-order valence-electron chi connectivity index (χ0n) is 11.6. The molecule has 2 heterocycles. The van der Waals surface area contributed by atoms with E-state index in [1.165, 1.54) is 0 Å². The number of amides is 1. The summed E-state index contributed by atoms with van der Waals surface area (Å²) in [6.07, 6.45) is 3.53. The molecule has 0 unspecified atom stereocenters. The molecule has 0 saturated carbocycles. The van der Waals surface area contributed by atoms with Gasteiger partial charge in [-0.25, -0.2) is 4.68 Å². The van der Waals surface area contributed by atoms with Crippen molar-refractivity contribution >= 4 is 11.6 Å². The number of aliphatic hydroxyl groups excluding tert-OH is 1. The Morgan fingerprint density at radius 2 is 2.10 bits per heavy atom. The summed E-state index contributed by atoms with van der Waals surface area (Å²) in [7, 11) is 0. The molecular weight excluding hydrogens is 268 g/mol. The summed E-state index contributed by atoms with van der Waals surface area (Å²) in [4.78, 5) is 14.1. The molecule has 1 aromatic carbocycles. The minimum atomic E-state index is -0.124. The van der Waals surface area contributed by atoms with E-state index in [1.807, 2.05) is 12.1 Å². The van der Waals surface area contributed by atoms with E-state index in [0.717, 1.165) is 18.5 Å². The van der Waals surface area contributed by atoms with Gasteiger partial charge in [0.2, 0.25) is 0 Å². The van der Waals surface area contributed by atoms with E-state index in [0.29, 0.717) is 17.9 Å². The van der Waals surface area contributed by atoms with Gasteiger partial charge < -0.3 is 15.7 Å². The van der Waals surface area contributed by atoms with Crippen molar-refractivity contribution in [3.63, 3.8) is 0 Å². The number of carbonyl (C=O) groups is 1. The highest BCUT2D eigenvalue weighted by Crippen LogP contribution is 2.19. The van der Waals surface area contributed by atoms with Gasteiger partial charge in [0.1, 0.15) is 0 Å². The van der Waals surface area contributed by atoms with E-state index < -0.39 is 0 Å². The number of hydrogen-bond acceptors (Lipinski definition) is 4. The Hall–Kier alpha value is -2.34. The molecule has 1 aliphatic heterocycles. The van der Waals surface area contributed by atoms with Crippen LogP contribution in [0.15, 0.2) is 36.5 Å². The topological polar surface area (TPSA) is 84.4 Å². The summed E-state index contributed by atoms with van der Waals surface area (Å²) in [5.41, 5.74) is 7.59. The van der Waals surface area contributed by atoms with Crippen molar-refractivity contribution in [3.05, 3.63) is 42.2 Å². The van der Waals surface area contributed by atoms with Crippen LogP contribution in [0.5, 0.6) is 0 Å². The first-order chi connectivity index (χ1) is 10.2. The number of carbonyl (C=O) groups excluding carboxylic acids is 1. The van der Waals surface area contributed by atoms with Gasteiger partial charge in [-0.15, -0.1) is 0 Å². The number of hydrogen-bond donors (Lipinski definition) is 2. The largest absolute Gasteiger partial charge is 0.399 e. The fourth-order valence-electron chi connectivity index (χ4n) is 2.65. The third-order valence-corrected chi connectivity index (χ3v) is 3.81. The molecule has 1 aliphatic rings. The highest BCUT2D eigenvalue weighted by Gasteiger charge is 2.29. The number of nitrogens with zero attached hydrogens (tertiary/aromatic N) is 3. The highest BCUT2D eigenvalue weighted by molar-refractivity contribution is 5.92. The van der Waals surface area contributed by atoms with Gasteiger partial charge in [-0.05, 0) is 43.2 Å². The molecule has 3 N–H and O–H groups in total. The van der Waals surface area contributed by atoms with Crippen LogP contribution in [0, 0.1) is 0 Å². The van der Waals surface area contributed by atoms with Crippen molar-refractivity contribution in [2.75, 3.05) is 18.9 Å². The molecule has 0 aliphatic carbocycles. The quantitative estimate of drug-likeness (QED) is 0.826. The molecule has 0 spiro atoms. The van der Waals surface area contributed by atoms with Crippen LogP contribution in [-0.2, 0) is 0 Å².